The predicted octanol–water partition coefficient (Wildman–Crippen LogP) is 1.81. The minimum absolute atomic E-state index is 0.115. The van der Waals surface area contributed by atoms with E-state index in [2.05, 4.69) is 5.32 Å². The quantitative estimate of drug-likeness (QED) is 0.719. The molecule has 0 aliphatic carbocycles. The molecular formula is C12H17ClN2O2. The minimum atomic E-state index is -0.452. The number of carbonyl (C=O) groups is 1. The standard InChI is InChI=1S/C12H17ClN2O2/c1-7(5-8(2)16)15-12(17)10-4-3-9(14)6-11(10)13/h3-4,6-8,16H,5,14H2,1-2H3,(H,15,17). The molecule has 2 atom stereocenters. The fourth-order valence-electron chi connectivity index (χ4n) is 1.59. The van der Waals surface area contributed by atoms with Crippen LogP contribution in [0.3, 0.4) is 0 Å². The van der Waals surface area contributed by atoms with Crippen LogP contribution in [0.25, 0.3) is 0 Å². The first-order chi connectivity index (χ1) is 7.90. The molecule has 1 rings (SSSR count). The lowest BCUT2D eigenvalue weighted by Gasteiger charge is -2.16. The molecule has 0 bridgehead atoms. The van der Waals surface area contributed by atoms with Gasteiger partial charge in [-0.15, -0.1) is 0 Å². The summed E-state index contributed by atoms with van der Waals surface area (Å²) < 4.78 is 0. The van der Waals surface area contributed by atoms with Crippen molar-refractivity contribution in [2.45, 2.75) is 32.4 Å². The van der Waals surface area contributed by atoms with Crippen molar-refractivity contribution in [3.05, 3.63) is 28.8 Å². The number of nitrogens with one attached hydrogen (secondary N) is 1. The Morgan fingerprint density at radius 3 is 2.71 bits per heavy atom. The van der Waals surface area contributed by atoms with Crippen molar-refractivity contribution in [1.82, 2.24) is 5.32 Å². The molecule has 0 saturated carbocycles. The number of amides is 1. The number of carbonyl (C=O) groups excluding carboxylic acids is 1. The second kappa shape index (κ2) is 5.89. The number of rotatable bonds is 4. The van der Waals surface area contributed by atoms with Gasteiger partial charge in [0.15, 0.2) is 0 Å². The van der Waals surface area contributed by atoms with Gasteiger partial charge < -0.3 is 16.2 Å². The summed E-state index contributed by atoms with van der Waals surface area (Å²) in [6.07, 6.45) is 0.0467. The zero-order chi connectivity index (χ0) is 13.0. The van der Waals surface area contributed by atoms with Crippen LogP contribution in [0.5, 0.6) is 0 Å². The summed E-state index contributed by atoms with van der Waals surface area (Å²) in [6, 6.07) is 4.63. The van der Waals surface area contributed by atoms with Crippen molar-refractivity contribution in [3.63, 3.8) is 0 Å². The molecule has 0 saturated heterocycles. The number of nitrogen functional groups attached to an aromatic ring is 1. The topological polar surface area (TPSA) is 75.3 Å². The van der Waals surface area contributed by atoms with E-state index >= 15 is 0 Å². The third kappa shape index (κ3) is 4.24. The van der Waals surface area contributed by atoms with Gasteiger partial charge in [-0.1, -0.05) is 11.6 Å². The molecule has 5 heteroatoms. The molecular weight excluding hydrogens is 240 g/mol. The molecule has 94 valence electrons. The highest BCUT2D eigenvalue weighted by Crippen LogP contribution is 2.19. The van der Waals surface area contributed by atoms with Crippen LogP contribution in [-0.4, -0.2) is 23.2 Å². The average Bonchev–Trinajstić information content (AvgIpc) is 2.15. The lowest BCUT2D eigenvalue weighted by molar-refractivity contribution is 0.0923. The maximum atomic E-state index is 11.9. The highest BCUT2D eigenvalue weighted by atomic mass is 35.5. The summed E-state index contributed by atoms with van der Waals surface area (Å²) in [5, 5.41) is 12.3. The lowest BCUT2D eigenvalue weighted by atomic mass is 10.1. The van der Waals surface area contributed by atoms with Crippen molar-refractivity contribution in [3.8, 4) is 0 Å². The lowest BCUT2D eigenvalue weighted by Crippen LogP contribution is -2.34. The molecule has 0 aromatic heterocycles. The fraction of sp³-hybridized carbons (Fsp3) is 0.417. The van der Waals surface area contributed by atoms with Gasteiger partial charge in [-0.05, 0) is 38.5 Å². The number of aliphatic hydroxyl groups excluding tert-OH is 1. The maximum absolute atomic E-state index is 11.9. The fourth-order valence-corrected chi connectivity index (χ4v) is 1.86. The highest BCUT2D eigenvalue weighted by Gasteiger charge is 2.14. The number of anilines is 1. The summed E-state index contributed by atoms with van der Waals surface area (Å²) >= 11 is 5.92. The number of nitrogens with two attached hydrogens (primary N) is 1. The first kappa shape index (κ1) is 13.8. The smallest absolute Gasteiger partial charge is 0.253 e. The highest BCUT2D eigenvalue weighted by molar-refractivity contribution is 6.34. The van der Waals surface area contributed by atoms with E-state index in [1.807, 2.05) is 6.92 Å². The Morgan fingerprint density at radius 1 is 1.53 bits per heavy atom. The van der Waals surface area contributed by atoms with Crippen LogP contribution >= 0.6 is 11.6 Å². The summed E-state index contributed by atoms with van der Waals surface area (Å²) in [7, 11) is 0. The number of benzene rings is 1. The van der Waals surface area contributed by atoms with Gasteiger partial charge in [0.05, 0.1) is 16.7 Å². The Kier molecular flexibility index (Phi) is 4.78. The Bertz CT molecular complexity index is 407. The summed E-state index contributed by atoms with van der Waals surface area (Å²) in [5.74, 6) is -0.261. The predicted molar refractivity (Wildman–Crippen MR) is 69.1 cm³/mol. The molecule has 4 N–H and O–H groups in total. The molecule has 0 aliphatic heterocycles. The van der Waals surface area contributed by atoms with E-state index < -0.39 is 6.10 Å². The Balaban J connectivity index is 2.70. The molecule has 0 aliphatic rings. The van der Waals surface area contributed by atoms with Gasteiger partial charge >= 0.3 is 0 Å². The zero-order valence-electron chi connectivity index (χ0n) is 9.90. The molecule has 1 aromatic carbocycles. The molecule has 2 unspecified atom stereocenters. The summed E-state index contributed by atoms with van der Waals surface area (Å²) in [6.45, 7) is 3.51. The van der Waals surface area contributed by atoms with Gasteiger partial charge in [0.25, 0.3) is 5.91 Å². The Labute approximate surface area is 106 Å². The van der Waals surface area contributed by atoms with Gasteiger partial charge in [-0.2, -0.15) is 0 Å². The second-order valence-corrected chi connectivity index (χ2v) is 4.61. The van der Waals surface area contributed by atoms with Crippen molar-refractivity contribution >= 4 is 23.2 Å². The summed E-state index contributed by atoms with van der Waals surface area (Å²) in [5.41, 5.74) is 6.45. The van der Waals surface area contributed by atoms with Gasteiger partial charge in [0.1, 0.15) is 0 Å². The van der Waals surface area contributed by atoms with Crippen LogP contribution in [0.1, 0.15) is 30.6 Å². The van der Waals surface area contributed by atoms with Crippen molar-refractivity contribution in [2.75, 3.05) is 5.73 Å². The molecule has 0 fully saturated rings. The van der Waals surface area contributed by atoms with E-state index in [0.29, 0.717) is 22.7 Å². The van der Waals surface area contributed by atoms with Crippen molar-refractivity contribution in [2.24, 2.45) is 0 Å². The summed E-state index contributed by atoms with van der Waals surface area (Å²) in [4.78, 5) is 11.9. The van der Waals surface area contributed by atoms with E-state index in [1.54, 1.807) is 19.1 Å². The minimum Gasteiger partial charge on any atom is -0.399 e. The zero-order valence-corrected chi connectivity index (χ0v) is 10.7. The third-order valence-corrected chi connectivity index (χ3v) is 2.62. The molecule has 0 radical (unpaired) electrons. The number of hydrogen-bond acceptors (Lipinski definition) is 3. The second-order valence-electron chi connectivity index (χ2n) is 4.20. The van der Waals surface area contributed by atoms with Crippen LogP contribution in [0.15, 0.2) is 18.2 Å². The average molecular weight is 257 g/mol. The number of hydrogen-bond donors (Lipinski definition) is 3. The molecule has 0 spiro atoms. The molecule has 17 heavy (non-hydrogen) atoms. The van der Waals surface area contributed by atoms with E-state index in [0.717, 1.165) is 0 Å². The normalized spacial score (nSPS) is 14.1. The molecule has 1 aromatic rings. The third-order valence-electron chi connectivity index (χ3n) is 2.31. The van der Waals surface area contributed by atoms with Crippen LogP contribution < -0.4 is 11.1 Å². The first-order valence-electron chi connectivity index (χ1n) is 5.44. The van der Waals surface area contributed by atoms with Gasteiger partial charge in [0.2, 0.25) is 0 Å². The molecule has 4 nitrogen and oxygen atoms in total. The van der Waals surface area contributed by atoms with E-state index in [-0.39, 0.29) is 11.9 Å². The monoisotopic (exact) mass is 256 g/mol. The van der Waals surface area contributed by atoms with Crippen LogP contribution in [0.4, 0.5) is 5.69 Å². The van der Waals surface area contributed by atoms with Gasteiger partial charge in [-0.3, -0.25) is 4.79 Å². The molecule has 1 amide bonds. The SMILES string of the molecule is CC(O)CC(C)NC(=O)c1ccc(N)cc1Cl. The van der Waals surface area contributed by atoms with Gasteiger partial charge in [-0.25, -0.2) is 0 Å². The number of aliphatic hydroxyl groups is 1. The van der Waals surface area contributed by atoms with Crippen molar-refractivity contribution in [1.29, 1.82) is 0 Å². The Hall–Kier alpha value is -1.26. The van der Waals surface area contributed by atoms with Crippen molar-refractivity contribution < 1.29 is 9.90 Å². The van der Waals surface area contributed by atoms with Crippen LogP contribution in [0.2, 0.25) is 5.02 Å². The van der Waals surface area contributed by atoms with Crippen LogP contribution in [0, 0.1) is 0 Å². The largest absolute Gasteiger partial charge is 0.399 e. The first-order valence-corrected chi connectivity index (χ1v) is 5.82. The number of halogens is 1. The van der Waals surface area contributed by atoms with E-state index in [4.69, 9.17) is 17.3 Å². The maximum Gasteiger partial charge on any atom is 0.253 e. The Morgan fingerprint density at radius 2 is 2.18 bits per heavy atom. The van der Waals surface area contributed by atoms with Crippen LogP contribution in [-0.2, 0) is 0 Å². The van der Waals surface area contributed by atoms with E-state index in [1.165, 1.54) is 6.07 Å². The molecule has 0 heterocycles. The van der Waals surface area contributed by atoms with Gasteiger partial charge in [0, 0.05) is 11.7 Å². The van der Waals surface area contributed by atoms with E-state index in [9.17, 15) is 9.90 Å².